The number of carbonyl (C=O) groups is 1. The maximum Gasteiger partial charge on any atom is 0.298 e. The molecule has 0 saturated carbocycles. The van der Waals surface area contributed by atoms with Crippen LogP contribution in [0.4, 0.5) is 5.69 Å². The number of thioether (sulfide) groups is 1. The first-order valence-electron chi connectivity index (χ1n) is 8.25. The lowest BCUT2D eigenvalue weighted by molar-refractivity contribution is -0.705. The van der Waals surface area contributed by atoms with E-state index in [1.807, 2.05) is 31.2 Å². The molecule has 0 bridgehead atoms. The van der Waals surface area contributed by atoms with E-state index in [1.54, 1.807) is 38.3 Å². The Morgan fingerprint density at radius 3 is 2.52 bits per heavy atom. The van der Waals surface area contributed by atoms with Crippen molar-refractivity contribution >= 4 is 23.4 Å². The summed E-state index contributed by atoms with van der Waals surface area (Å²) in [4.78, 5) is 12.5. The number of nitrogens with zero attached hydrogens (tertiary/aromatic N) is 2. The van der Waals surface area contributed by atoms with Crippen LogP contribution < -0.4 is 19.8 Å². The number of benzene rings is 2. The fourth-order valence-corrected chi connectivity index (χ4v) is 3.20. The Hall–Kier alpha value is -3.00. The van der Waals surface area contributed by atoms with E-state index in [1.165, 1.54) is 4.68 Å². The summed E-state index contributed by atoms with van der Waals surface area (Å²) in [6.45, 7) is 3.70. The highest BCUT2D eigenvalue weighted by molar-refractivity contribution is 8.00. The van der Waals surface area contributed by atoms with Gasteiger partial charge in [0.25, 0.3) is 5.03 Å². The molecule has 2 aromatic carbocycles. The Kier molecular flexibility index (Phi) is 5.66. The Labute approximate surface area is 160 Å². The number of anilines is 1. The lowest BCUT2D eigenvalue weighted by atomic mass is 10.2. The summed E-state index contributed by atoms with van der Waals surface area (Å²) in [6, 6.07) is 14.5. The van der Waals surface area contributed by atoms with Gasteiger partial charge < -0.3 is 19.7 Å². The van der Waals surface area contributed by atoms with Crippen LogP contribution >= 0.6 is 11.8 Å². The molecule has 3 aromatic rings. The average Bonchev–Trinajstić information content (AvgIpc) is 3.04. The van der Waals surface area contributed by atoms with Gasteiger partial charge in [0.05, 0.1) is 17.6 Å². The van der Waals surface area contributed by atoms with Crippen molar-refractivity contribution in [3.05, 3.63) is 54.1 Å². The molecule has 0 fully saturated rings. The van der Waals surface area contributed by atoms with Gasteiger partial charge in [0.15, 0.2) is 5.95 Å². The van der Waals surface area contributed by atoms with E-state index in [4.69, 9.17) is 9.26 Å². The minimum atomic E-state index is -0.592. The molecule has 1 unspecified atom stereocenters. The molecule has 1 N–H and O–H groups in total. The summed E-state index contributed by atoms with van der Waals surface area (Å²) in [5.74, 6) is -0.123. The van der Waals surface area contributed by atoms with E-state index >= 15 is 0 Å². The summed E-state index contributed by atoms with van der Waals surface area (Å²) in [5.41, 5.74) is 2.44. The molecular weight excluding hydrogens is 366 g/mol. The largest absolute Gasteiger partial charge is 0.538 e. The van der Waals surface area contributed by atoms with Gasteiger partial charge in [-0.25, -0.2) is 0 Å². The average molecular weight is 385 g/mol. The molecule has 1 heterocycles. The van der Waals surface area contributed by atoms with Crippen LogP contribution in [0.3, 0.4) is 0 Å². The number of methoxy groups -OCH3 is 1. The van der Waals surface area contributed by atoms with Gasteiger partial charge in [-0.2, -0.15) is 0 Å². The number of hydrogen-bond donors (Lipinski definition) is 1. The van der Waals surface area contributed by atoms with Gasteiger partial charge in [-0.15, -0.1) is 0 Å². The van der Waals surface area contributed by atoms with E-state index < -0.39 is 11.2 Å². The molecule has 1 amide bonds. The second-order valence-corrected chi connectivity index (χ2v) is 7.22. The molecule has 8 heteroatoms. The number of rotatable bonds is 6. The molecule has 7 nitrogen and oxygen atoms in total. The van der Waals surface area contributed by atoms with Crippen LogP contribution in [0, 0.1) is 6.92 Å². The summed E-state index contributed by atoms with van der Waals surface area (Å²) < 4.78 is 11.3. The van der Waals surface area contributed by atoms with Crippen LogP contribution in [0.25, 0.3) is 5.69 Å². The third-order valence-corrected chi connectivity index (χ3v) is 5.00. The zero-order valence-electron chi connectivity index (χ0n) is 15.1. The van der Waals surface area contributed by atoms with Gasteiger partial charge in [0.2, 0.25) is 11.6 Å². The monoisotopic (exact) mass is 385 g/mol. The van der Waals surface area contributed by atoms with Crippen molar-refractivity contribution in [3.63, 3.8) is 0 Å². The molecule has 140 valence electrons. The molecule has 0 radical (unpaired) electrons. The Morgan fingerprint density at radius 2 is 1.89 bits per heavy atom. The maximum absolute atomic E-state index is 12.5. The summed E-state index contributed by atoms with van der Waals surface area (Å²) in [7, 11) is 1.57. The second-order valence-electron chi connectivity index (χ2n) is 5.89. The molecule has 0 aliphatic rings. The van der Waals surface area contributed by atoms with Gasteiger partial charge in [0.1, 0.15) is 5.75 Å². The lowest BCUT2D eigenvalue weighted by Gasteiger charge is -2.10. The SMILES string of the molecule is COc1ccc(-[n+]2noc([O-])c2SC(C)C(=O)Nc2ccc(C)cc2)cc1. The number of ether oxygens (including phenoxy) is 1. The summed E-state index contributed by atoms with van der Waals surface area (Å²) >= 11 is 1.09. The van der Waals surface area contributed by atoms with Crippen LogP contribution in [0.1, 0.15) is 12.5 Å². The topological polar surface area (TPSA) is 91.3 Å². The van der Waals surface area contributed by atoms with Crippen LogP contribution in [0.15, 0.2) is 58.1 Å². The van der Waals surface area contributed by atoms with Gasteiger partial charge in [0, 0.05) is 17.8 Å². The summed E-state index contributed by atoms with van der Waals surface area (Å²) in [6.07, 6.45) is 0. The third kappa shape index (κ3) is 4.40. The highest BCUT2D eigenvalue weighted by Crippen LogP contribution is 2.28. The van der Waals surface area contributed by atoms with E-state index in [0.29, 0.717) is 17.1 Å². The lowest BCUT2D eigenvalue weighted by Crippen LogP contribution is -2.36. The van der Waals surface area contributed by atoms with Crippen LogP contribution in [-0.2, 0) is 4.79 Å². The first-order chi connectivity index (χ1) is 13.0. The number of carbonyl (C=O) groups excluding carboxylic acids is 1. The van der Waals surface area contributed by atoms with Crippen LogP contribution in [-0.4, -0.2) is 23.5 Å². The normalized spacial score (nSPS) is 11.8. The zero-order valence-corrected chi connectivity index (χ0v) is 15.9. The fraction of sp³-hybridized carbons (Fsp3) is 0.211. The Balaban J connectivity index is 1.75. The minimum Gasteiger partial charge on any atom is -0.538 e. The van der Waals surface area contributed by atoms with Gasteiger partial charge in [-0.1, -0.05) is 17.7 Å². The number of nitrogens with one attached hydrogen (secondary N) is 1. The predicted octanol–water partition coefficient (Wildman–Crippen LogP) is 2.46. The molecule has 0 spiro atoms. The smallest absolute Gasteiger partial charge is 0.298 e. The molecular formula is C19H19N3O4S. The van der Waals surface area contributed by atoms with Crippen molar-refractivity contribution in [3.8, 4) is 17.4 Å². The second kappa shape index (κ2) is 8.13. The van der Waals surface area contributed by atoms with E-state index in [0.717, 1.165) is 17.3 Å². The highest BCUT2D eigenvalue weighted by atomic mass is 32.2. The molecule has 0 saturated heterocycles. The van der Waals surface area contributed by atoms with Gasteiger partial charge in [-0.3, -0.25) is 4.79 Å². The van der Waals surface area contributed by atoms with Crippen molar-refractivity contribution in [2.24, 2.45) is 0 Å². The van der Waals surface area contributed by atoms with Crippen molar-refractivity contribution in [1.29, 1.82) is 0 Å². The molecule has 27 heavy (non-hydrogen) atoms. The quantitative estimate of drug-likeness (QED) is 0.518. The zero-order chi connectivity index (χ0) is 19.4. The van der Waals surface area contributed by atoms with E-state index in [-0.39, 0.29) is 10.9 Å². The van der Waals surface area contributed by atoms with Crippen molar-refractivity contribution in [2.45, 2.75) is 24.1 Å². The van der Waals surface area contributed by atoms with Crippen LogP contribution in [0.2, 0.25) is 0 Å². The molecule has 1 aromatic heterocycles. The molecule has 3 rings (SSSR count). The Bertz CT molecular complexity index is 923. The first kappa shape index (κ1) is 18.8. The first-order valence-corrected chi connectivity index (χ1v) is 9.13. The molecule has 0 aliphatic heterocycles. The Morgan fingerprint density at radius 1 is 1.22 bits per heavy atom. The fourth-order valence-electron chi connectivity index (χ4n) is 2.33. The van der Waals surface area contributed by atoms with Crippen molar-refractivity contribution in [2.75, 3.05) is 12.4 Å². The highest BCUT2D eigenvalue weighted by Gasteiger charge is 2.26. The maximum atomic E-state index is 12.5. The van der Waals surface area contributed by atoms with Crippen molar-refractivity contribution < 1.29 is 23.8 Å². The predicted molar refractivity (Wildman–Crippen MR) is 99.2 cm³/mol. The number of aromatic nitrogens is 2. The molecule has 0 aliphatic carbocycles. The van der Waals surface area contributed by atoms with E-state index in [2.05, 4.69) is 10.6 Å². The number of amides is 1. The van der Waals surface area contributed by atoms with E-state index in [9.17, 15) is 9.90 Å². The van der Waals surface area contributed by atoms with Gasteiger partial charge >= 0.3 is 0 Å². The third-order valence-electron chi connectivity index (χ3n) is 3.87. The van der Waals surface area contributed by atoms with Crippen molar-refractivity contribution in [1.82, 2.24) is 5.27 Å². The molecule has 1 atom stereocenters. The summed E-state index contributed by atoms with van der Waals surface area (Å²) in [5, 5.41) is 18.4. The number of hydrogen-bond acceptors (Lipinski definition) is 6. The van der Waals surface area contributed by atoms with Gasteiger partial charge in [-0.05, 0) is 54.6 Å². The standard InChI is InChI=1S/C19H19N3O4S/c1-12-4-6-14(7-5-12)20-17(23)13(2)27-18-19(24)26-21-22(18)15-8-10-16(25-3)11-9-15/h4-11,13H,1-3H3,(H-,20,21,23,24). The minimum absolute atomic E-state index is 0.217. The van der Waals surface area contributed by atoms with Crippen LogP contribution in [0.5, 0.6) is 11.7 Å². The number of aryl methyl sites for hydroxylation is 1.